The molecular formula is C19H23ClN2OS. The second-order valence-corrected chi connectivity index (χ2v) is 8.29. The van der Waals surface area contributed by atoms with Gasteiger partial charge in [-0.1, -0.05) is 49.1 Å². The van der Waals surface area contributed by atoms with Gasteiger partial charge in [-0.3, -0.25) is 9.69 Å². The molecule has 0 radical (unpaired) electrons. The van der Waals surface area contributed by atoms with Crippen LogP contribution in [-0.2, 0) is 0 Å². The quantitative estimate of drug-likeness (QED) is 0.776. The molecule has 2 fully saturated rings. The van der Waals surface area contributed by atoms with E-state index in [0.29, 0.717) is 9.90 Å². The number of benzene rings is 1. The molecule has 1 aliphatic heterocycles. The lowest BCUT2D eigenvalue weighted by Crippen LogP contribution is -2.52. The molecule has 1 aliphatic carbocycles. The molecule has 1 aromatic heterocycles. The van der Waals surface area contributed by atoms with E-state index >= 15 is 0 Å². The van der Waals surface area contributed by atoms with Gasteiger partial charge < -0.3 is 4.90 Å². The molecule has 0 N–H and O–H groups in total. The molecule has 2 heterocycles. The highest BCUT2D eigenvalue weighted by Crippen LogP contribution is 2.36. The molecule has 24 heavy (non-hydrogen) atoms. The van der Waals surface area contributed by atoms with Crippen molar-refractivity contribution in [1.82, 2.24) is 9.80 Å². The van der Waals surface area contributed by atoms with Crippen LogP contribution in [0.4, 0.5) is 0 Å². The minimum atomic E-state index is 0.101. The van der Waals surface area contributed by atoms with Crippen molar-refractivity contribution in [1.29, 1.82) is 0 Å². The number of nitrogens with zero attached hydrogens (tertiary/aromatic N) is 2. The van der Waals surface area contributed by atoms with Crippen LogP contribution in [0.1, 0.15) is 41.8 Å². The number of rotatable bonds is 2. The highest BCUT2D eigenvalue weighted by Gasteiger charge is 2.29. The summed E-state index contributed by atoms with van der Waals surface area (Å²) in [6, 6.07) is 8.73. The number of hydrogen-bond acceptors (Lipinski definition) is 3. The van der Waals surface area contributed by atoms with Gasteiger partial charge in [0.15, 0.2) is 0 Å². The number of hydrogen-bond donors (Lipinski definition) is 0. The van der Waals surface area contributed by atoms with Crippen molar-refractivity contribution in [2.75, 3.05) is 26.2 Å². The number of piperazine rings is 1. The van der Waals surface area contributed by atoms with Crippen molar-refractivity contribution in [2.45, 2.75) is 38.1 Å². The van der Waals surface area contributed by atoms with Crippen LogP contribution in [-0.4, -0.2) is 47.9 Å². The van der Waals surface area contributed by atoms with E-state index in [0.717, 1.165) is 42.3 Å². The molecule has 1 aromatic carbocycles. The van der Waals surface area contributed by atoms with Gasteiger partial charge in [0.2, 0.25) is 0 Å². The molecule has 2 aromatic rings. The topological polar surface area (TPSA) is 23.6 Å². The molecule has 128 valence electrons. The molecule has 0 spiro atoms. The van der Waals surface area contributed by atoms with E-state index in [4.69, 9.17) is 11.6 Å². The van der Waals surface area contributed by atoms with Gasteiger partial charge in [-0.25, -0.2) is 0 Å². The molecule has 1 amide bonds. The summed E-state index contributed by atoms with van der Waals surface area (Å²) in [6.45, 7) is 3.64. The third-order valence-corrected chi connectivity index (χ3v) is 7.09. The average molecular weight is 363 g/mol. The average Bonchev–Trinajstić information content (AvgIpc) is 2.99. The molecule has 1 saturated heterocycles. The Bertz CT molecular complexity index is 730. The van der Waals surface area contributed by atoms with Crippen molar-refractivity contribution in [3.05, 3.63) is 34.2 Å². The second-order valence-electron chi connectivity index (χ2n) is 6.86. The maximum atomic E-state index is 12.9. The molecule has 3 nitrogen and oxygen atoms in total. The van der Waals surface area contributed by atoms with Crippen molar-refractivity contribution in [3.8, 4) is 0 Å². The fourth-order valence-electron chi connectivity index (χ4n) is 4.03. The van der Waals surface area contributed by atoms with Gasteiger partial charge in [0.05, 0.1) is 5.02 Å². The SMILES string of the molecule is O=C(c1sc2ccccc2c1Cl)N1CCN(C2CCCCC2)CC1. The van der Waals surface area contributed by atoms with Crippen LogP contribution in [0.5, 0.6) is 0 Å². The van der Waals surface area contributed by atoms with Crippen LogP contribution >= 0.6 is 22.9 Å². The van der Waals surface area contributed by atoms with Gasteiger partial charge in [0, 0.05) is 42.3 Å². The first-order valence-electron chi connectivity index (χ1n) is 8.94. The lowest BCUT2D eigenvalue weighted by atomic mass is 9.94. The first-order valence-corrected chi connectivity index (χ1v) is 10.1. The van der Waals surface area contributed by atoms with E-state index in [-0.39, 0.29) is 5.91 Å². The van der Waals surface area contributed by atoms with Crippen LogP contribution in [0.3, 0.4) is 0 Å². The molecular weight excluding hydrogens is 340 g/mol. The lowest BCUT2D eigenvalue weighted by molar-refractivity contribution is 0.0527. The largest absolute Gasteiger partial charge is 0.335 e. The zero-order valence-corrected chi connectivity index (χ0v) is 15.4. The summed E-state index contributed by atoms with van der Waals surface area (Å²) < 4.78 is 1.09. The summed E-state index contributed by atoms with van der Waals surface area (Å²) in [5.74, 6) is 0.101. The first kappa shape index (κ1) is 16.4. The van der Waals surface area contributed by atoms with E-state index in [2.05, 4.69) is 4.90 Å². The fourth-order valence-corrected chi connectivity index (χ4v) is 5.51. The van der Waals surface area contributed by atoms with Crippen LogP contribution in [0.15, 0.2) is 24.3 Å². The zero-order chi connectivity index (χ0) is 16.5. The van der Waals surface area contributed by atoms with Crippen molar-refractivity contribution in [3.63, 3.8) is 0 Å². The maximum absolute atomic E-state index is 12.9. The summed E-state index contributed by atoms with van der Waals surface area (Å²) >= 11 is 7.99. The van der Waals surface area contributed by atoms with Crippen molar-refractivity contribution < 1.29 is 4.79 Å². The Hall–Kier alpha value is -1.10. The minimum absolute atomic E-state index is 0.101. The Balaban J connectivity index is 1.44. The van der Waals surface area contributed by atoms with E-state index in [1.807, 2.05) is 29.2 Å². The van der Waals surface area contributed by atoms with Crippen molar-refractivity contribution >= 4 is 38.9 Å². The predicted octanol–water partition coefficient (Wildman–Crippen LogP) is 4.65. The van der Waals surface area contributed by atoms with Crippen LogP contribution < -0.4 is 0 Å². The third kappa shape index (κ3) is 3.07. The number of carbonyl (C=O) groups is 1. The molecule has 4 rings (SSSR count). The summed E-state index contributed by atoms with van der Waals surface area (Å²) in [4.78, 5) is 18.2. The Labute approximate surface area is 152 Å². The standard InChI is InChI=1S/C19H23ClN2OS/c20-17-15-8-4-5-9-16(15)24-18(17)19(23)22-12-10-21(11-13-22)14-6-2-1-3-7-14/h4-5,8-9,14H,1-3,6-7,10-13H2. The first-order chi connectivity index (χ1) is 11.7. The third-order valence-electron chi connectivity index (χ3n) is 5.42. The Morgan fingerprint density at radius 3 is 2.46 bits per heavy atom. The zero-order valence-electron chi connectivity index (χ0n) is 13.8. The van der Waals surface area contributed by atoms with Crippen molar-refractivity contribution in [2.24, 2.45) is 0 Å². The number of carbonyl (C=O) groups excluding carboxylic acids is 1. The van der Waals surface area contributed by atoms with E-state index in [1.165, 1.54) is 43.4 Å². The molecule has 0 atom stereocenters. The van der Waals surface area contributed by atoms with E-state index in [9.17, 15) is 4.79 Å². The molecule has 0 unspecified atom stereocenters. The molecule has 0 bridgehead atoms. The number of thiophene rings is 1. The van der Waals surface area contributed by atoms with Gasteiger partial charge in [-0.15, -0.1) is 11.3 Å². The summed E-state index contributed by atoms with van der Waals surface area (Å²) in [5.41, 5.74) is 0. The predicted molar refractivity (Wildman–Crippen MR) is 101 cm³/mol. The summed E-state index contributed by atoms with van der Waals surface area (Å²) in [7, 11) is 0. The molecule has 5 heteroatoms. The maximum Gasteiger partial charge on any atom is 0.265 e. The van der Waals surface area contributed by atoms with Gasteiger partial charge >= 0.3 is 0 Å². The van der Waals surface area contributed by atoms with Gasteiger partial charge in [0.25, 0.3) is 5.91 Å². The highest BCUT2D eigenvalue weighted by atomic mass is 35.5. The molecule has 1 saturated carbocycles. The Morgan fingerprint density at radius 2 is 1.75 bits per heavy atom. The van der Waals surface area contributed by atoms with E-state index in [1.54, 1.807) is 0 Å². The van der Waals surface area contributed by atoms with Gasteiger partial charge in [-0.05, 0) is 18.9 Å². The molecule has 2 aliphatic rings. The Morgan fingerprint density at radius 1 is 1.04 bits per heavy atom. The van der Waals surface area contributed by atoms with Gasteiger partial charge in [-0.2, -0.15) is 0 Å². The summed E-state index contributed by atoms with van der Waals surface area (Å²) in [6.07, 6.45) is 6.77. The number of halogens is 1. The number of amides is 1. The van der Waals surface area contributed by atoms with E-state index < -0.39 is 0 Å². The van der Waals surface area contributed by atoms with Crippen LogP contribution in [0.2, 0.25) is 5.02 Å². The van der Waals surface area contributed by atoms with Crippen LogP contribution in [0, 0.1) is 0 Å². The highest BCUT2D eigenvalue weighted by molar-refractivity contribution is 7.21. The summed E-state index contributed by atoms with van der Waals surface area (Å²) in [5, 5.41) is 1.61. The monoisotopic (exact) mass is 362 g/mol. The smallest absolute Gasteiger partial charge is 0.265 e. The lowest BCUT2D eigenvalue weighted by Gasteiger charge is -2.40. The minimum Gasteiger partial charge on any atom is -0.335 e. The fraction of sp³-hybridized carbons (Fsp3) is 0.526. The van der Waals surface area contributed by atoms with Crippen LogP contribution in [0.25, 0.3) is 10.1 Å². The normalized spacial score (nSPS) is 20.6. The second kappa shape index (κ2) is 7.03. The number of fused-ring (bicyclic) bond motifs is 1. The van der Waals surface area contributed by atoms with Gasteiger partial charge in [0.1, 0.15) is 4.88 Å². The Kier molecular flexibility index (Phi) is 4.79.